The van der Waals surface area contributed by atoms with Crippen molar-refractivity contribution < 1.29 is 19.1 Å². The highest BCUT2D eigenvalue weighted by molar-refractivity contribution is 7.99. The standard InChI is InChI=1S/C26H32N4O4S2/c1-5-30-23(17-10-8-9-11-19(17)33-6-2)28-29-26(30)35-15-21(31)27-24-22(25(32)34-7-3)18-13-12-16(4)14-20(18)36-24/h8-11,16H,5-7,12-15H2,1-4H3,(H,27,31). The zero-order chi connectivity index (χ0) is 25.7. The van der Waals surface area contributed by atoms with E-state index in [0.29, 0.717) is 47.2 Å². The number of carbonyl (C=O) groups excluding carboxylic acids is 2. The van der Waals surface area contributed by atoms with E-state index < -0.39 is 0 Å². The largest absolute Gasteiger partial charge is 0.493 e. The summed E-state index contributed by atoms with van der Waals surface area (Å²) in [6.45, 7) is 9.46. The Bertz CT molecular complexity index is 1240. The molecule has 0 saturated heterocycles. The number of hydrogen-bond acceptors (Lipinski definition) is 8. The second-order valence-corrected chi connectivity index (χ2v) is 10.6. The van der Waals surface area contributed by atoms with E-state index >= 15 is 0 Å². The number of esters is 1. The molecule has 2 heterocycles. The number of para-hydroxylation sites is 1. The molecule has 2 aromatic heterocycles. The lowest BCUT2D eigenvalue weighted by molar-refractivity contribution is -0.113. The van der Waals surface area contributed by atoms with Crippen molar-refractivity contribution in [2.24, 2.45) is 5.92 Å². The Morgan fingerprint density at radius 2 is 2.00 bits per heavy atom. The molecule has 0 fully saturated rings. The lowest BCUT2D eigenvalue weighted by Crippen LogP contribution is -2.18. The third-order valence-corrected chi connectivity index (χ3v) is 8.17. The molecule has 0 aliphatic heterocycles. The number of rotatable bonds is 10. The molecule has 1 aliphatic rings. The number of thiophene rings is 1. The van der Waals surface area contributed by atoms with Crippen LogP contribution in [0.4, 0.5) is 5.00 Å². The first-order valence-electron chi connectivity index (χ1n) is 12.4. The summed E-state index contributed by atoms with van der Waals surface area (Å²) >= 11 is 2.81. The zero-order valence-corrected chi connectivity index (χ0v) is 22.8. The fourth-order valence-electron chi connectivity index (χ4n) is 4.36. The first kappa shape index (κ1) is 26.2. The molecular formula is C26H32N4O4S2. The van der Waals surface area contributed by atoms with E-state index in [0.717, 1.165) is 36.1 Å². The third kappa shape index (κ3) is 5.59. The molecule has 4 rings (SSSR count). The third-order valence-electron chi connectivity index (χ3n) is 6.04. The van der Waals surface area contributed by atoms with Crippen LogP contribution < -0.4 is 10.1 Å². The first-order chi connectivity index (χ1) is 17.5. The van der Waals surface area contributed by atoms with E-state index in [-0.39, 0.29) is 17.6 Å². The number of nitrogens with zero attached hydrogens (tertiary/aromatic N) is 3. The number of anilines is 1. The van der Waals surface area contributed by atoms with Gasteiger partial charge in [0, 0.05) is 11.4 Å². The van der Waals surface area contributed by atoms with Crippen molar-refractivity contribution in [2.45, 2.75) is 58.7 Å². The summed E-state index contributed by atoms with van der Waals surface area (Å²) < 4.78 is 13.1. The Morgan fingerprint density at radius 3 is 2.75 bits per heavy atom. The number of amides is 1. The summed E-state index contributed by atoms with van der Waals surface area (Å²) in [6.07, 6.45) is 2.78. The van der Waals surface area contributed by atoms with Crippen molar-refractivity contribution in [1.29, 1.82) is 0 Å². The van der Waals surface area contributed by atoms with Gasteiger partial charge in [0.1, 0.15) is 10.8 Å². The Balaban J connectivity index is 1.50. The monoisotopic (exact) mass is 528 g/mol. The van der Waals surface area contributed by atoms with Crippen LogP contribution in [-0.2, 0) is 28.9 Å². The average molecular weight is 529 g/mol. The van der Waals surface area contributed by atoms with Crippen LogP contribution in [-0.4, -0.2) is 45.6 Å². The van der Waals surface area contributed by atoms with Gasteiger partial charge in [-0.2, -0.15) is 0 Å². The Kier molecular flexibility index (Phi) is 8.68. The molecule has 36 heavy (non-hydrogen) atoms. The van der Waals surface area contributed by atoms with E-state index in [1.54, 1.807) is 6.92 Å². The summed E-state index contributed by atoms with van der Waals surface area (Å²) in [6, 6.07) is 7.74. The van der Waals surface area contributed by atoms with Crippen LogP contribution in [0.2, 0.25) is 0 Å². The van der Waals surface area contributed by atoms with E-state index in [9.17, 15) is 9.59 Å². The van der Waals surface area contributed by atoms with Crippen molar-refractivity contribution >= 4 is 40.0 Å². The van der Waals surface area contributed by atoms with Gasteiger partial charge >= 0.3 is 5.97 Å². The van der Waals surface area contributed by atoms with Gasteiger partial charge in [-0.05, 0) is 63.6 Å². The molecule has 0 spiro atoms. The topological polar surface area (TPSA) is 95.3 Å². The van der Waals surface area contributed by atoms with E-state index in [1.165, 1.54) is 28.0 Å². The van der Waals surface area contributed by atoms with Crippen LogP contribution in [0.3, 0.4) is 0 Å². The molecule has 3 aromatic rings. The van der Waals surface area contributed by atoms with E-state index in [2.05, 4.69) is 22.4 Å². The lowest BCUT2D eigenvalue weighted by Gasteiger charge is -2.18. The molecule has 0 saturated carbocycles. The molecule has 8 nitrogen and oxygen atoms in total. The smallest absolute Gasteiger partial charge is 0.341 e. The summed E-state index contributed by atoms with van der Waals surface area (Å²) in [4.78, 5) is 26.9. The van der Waals surface area contributed by atoms with Crippen molar-refractivity contribution in [3.8, 4) is 17.1 Å². The predicted molar refractivity (Wildman–Crippen MR) is 143 cm³/mol. The van der Waals surface area contributed by atoms with Crippen molar-refractivity contribution in [1.82, 2.24) is 14.8 Å². The quantitative estimate of drug-likeness (QED) is 0.276. The maximum Gasteiger partial charge on any atom is 0.341 e. The van der Waals surface area contributed by atoms with Gasteiger partial charge < -0.3 is 19.4 Å². The lowest BCUT2D eigenvalue weighted by atomic mass is 9.88. The van der Waals surface area contributed by atoms with E-state index in [4.69, 9.17) is 9.47 Å². The average Bonchev–Trinajstić information content (AvgIpc) is 3.43. The Labute approximate surface area is 219 Å². The normalized spacial score (nSPS) is 14.8. The highest BCUT2D eigenvalue weighted by Gasteiger charge is 2.29. The molecule has 1 aliphatic carbocycles. The number of nitrogens with one attached hydrogen (secondary N) is 1. The molecule has 1 atom stereocenters. The molecule has 1 amide bonds. The van der Waals surface area contributed by atoms with Crippen LogP contribution in [0.15, 0.2) is 29.4 Å². The van der Waals surface area contributed by atoms with Crippen LogP contribution in [0.5, 0.6) is 5.75 Å². The molecule has 1 aromatic carbocycles. The Hall–Kier alpha value is -2.85. The van der Waals surface area contributed by atoms with Crippen LogP contribution >= 0.6 is 23.1 Å². The molecule has 1 unspecified atom stereocenters. The minimum Gasteiger partial charge on any atom is -0.493 e. The number of aromatic nitrogens is 3. The number of hydrogen-bond donors (Lipinski definition) is 1. The van der Waals surface area contributed by atoms with Gasteiger partial charge in [0.2, 0.25) is 5.91 Å². The maximum atomic E-state index is 13.0. The van der Waals surface area contributed by atoms with Crippen molar-refractivity contribution in [2.75, 3.05) is 24.3 Å². The molecular weight excluding hydrogens is 496 g/mol. The van der Waals surface area contributed by atoms with E-state index in [1.807, 2.05) is 42.7 Å². The van der Waals surface area contributed by atoms with Gasteiger partial charge in [-0.3, -0.25) is 4.79 Å². The van der Waals surface area contributed by atoms with Gasteiger partial charge in [0.05, 0.1) is 30.1 Å². The summed E-state index contributed by atoms with van der Waals surface area (Å²) in [5, 5.41) is 12.9. The fraction of sp³-hybridized carbons (Fsp3) is 0.462. The summed E-state index contributed by atoms with van der Waals surface area (Å²) in [5.74, 6) is 1.60. The molecule has 1 N–H and O–H groups in total. The Morgan fingerprint density at radius 1 is 1.19 bits per heavy atom. The van der Waals surface area contributed by atoms with Gasteiger partial charge in [0.15, 0.2) is 11.0 Å². The number of fused-ring (bicyclic) bond motifs is 1. The van der Waals surface area contributed by atoms with Crippen LogP contribution in [0, 0.1) is 5.92 Å². The predicted octanol–water partition coefficient (Wildman–Crippen LogP) is 5.46. The van der Waals surface area contributed by atoms with Gasteiger partial charge in [-0.1, -0.05) is 30.8 Å². The molecule has 192 valence electrons. The van der Waals surface area contributed by atoms with Gasteiger partial charge in [-0.15, -0.1) is 21.5 Å². The number of ether oxygens (including phenoxy) is 2. The molecule has 10 heteroatoms. The van der Waals surface area contributed by atoms with Gasteiger partial charge in [-0.25, -0.2) is 4.79 Å². The summed E-state index contributed by atoms with van der Waals surface area (Å²) in [7, 11) is 0. The first-order valence-corrected chi connectivity index (χ1v) is 14.2. The SMILES string of the molecule is CCOC(=O)c1c(NC(=O)CSc2nnc(-c3ccccc3OCC)n2CC)sc2c1CCC(C)C2. The van der Waals surface area contributed by atoms with Crippen LogP contribution in [0.25, 0.3) is 11.4 Å². The molecule has 0 bridgehead atoms. The second-order valence-electron chi connectivity index (χ2n) is 8.59. The number of benzene rings is 1. The minimum absolute atomic E-state index is 0.145. The number of thioether (sulfide) groups is 1. The van der Waals surface area contributed by atoms with Crippen molar-refractivity contribution in [3.05, 3.63) is 40.3 Å². The minimum atomic E-state index is -0.365. The van der Waals surface area contributed by atoms with Gasteiger partial charge in [0.25, 0.3) is 0 Å². The highest BCUT2D eigenvalue weighted by Crippen LogP contribution is 2.40. The number of carbonyl (C=O) groups is 2. The van der Waals surface area contributed by atoms with Crippen LogP contribution in [0.1, 0.15) is 54.9 Å². The van der Waals surface area contributed by atoms with Crippen molar-refractivity contribution in [3.63, 3.8) is 0 Å². The highest BCUT2D eigenvalue weighted by atomic mass is 32.2. The summed E-state index contributed by atoms with van der Waals surface area (Å²) in [5.41, 5.74) is 2.42. The fourth-order valence-corrected chi connectivity index (χ4v) is 6.58. The maximum absolute atomic E-state index is 13.0. The molecule has 0 radical (unpaired) electrons. The second kappa shape index (κ2) is 11.9. The zero-order valence-electron chi connectivity index (χ0n) is 21.1.